The summed E-state index contributed by atoms with van der Waals surface area (Å²) in [6, 6.07) is 0. The van der Waals surface area contributed by atoms with E-state index in [2.05, 4.69) is 6.92 Å². The van der Waals surface area contributed by atoms with E-state index < -0.39 is 5.97 Å². The van der Waals surface area contributed by atoms with Crippen LogP contribution in [0.15, 0.2) is 0 Å². The molecule has 0 rings (SSSR count). The number of aliphatic hydroxyl groups is 1. The molecule has 0 unspecified atom stereocenters. The van der Waals surface area contributed by atoms with Crippen LogP contribution in [0.4, 0.5) is 0 Å². The van der Waals surface area contributed by atoms with Gasteiger partial charge in [0.05, 0.1) is 4.43 Å². The molecule has 0 fully saturated rings. The molecule has 0 aliphatic heterocycles. The van der Waals surface area contributed by atoms with Crippen LogP contribution in [-0.4, -0.2) is 27.2 Å². The molecule has 0 aromatic rings. The van der Waals surface area contributed by atoms with Gasteiger partial charge in [0, 0.05) is 6.61 Å². The van der Waals surface area contributed by atoms with E-state index in [9.17, 15) is 4.79 Å². The van der Waals surface area contributed by atoms with Crippen molar-refractivity contribution in [2.24, 2.45) is 0 Å². The highest BCUT2D eigenvalue weighted by Gasteiger charge is 1.88. The van der Waals surface area contributed by atoms with Crippen LogP contribution in [0.25, 0.3) is 0 Å². The second-order valence-corrected chi connectivity index (χ2v) is 4.14. The Labute approximate surface area is 106 Å². The standard InChI is InChI=1S/C9H20O.C2H3IO2/c1-2-3-4-5-6-7-8-9-10;3-1-2(4)5/h10H,2-9H2,1H3;1H2,(H,4,5). The van der Waals surface area contributed by atoms with Crippen molar-refractivity contribution in [2.45, 2.75) is 51.9 Å². The second-order valence-electron chi connectivity index (χ2n) is 3.37. The Kier molecular flexibility index (Phi) is 19.4. The minimum Gasteiger partial charge on any atom is -0.481 e. The number of alkyl halides is 1. The van der Waals surface area contributed by atoms with Gasteiger partial charge in [-0.05, 0) is 6.42 Å². The first-order valence-electron chi connectivity index (χ1n) is 5.57. The van der Waals surface area contributed by atoms with Crippen LogP contribution < -0.4 is 0 Å². The first kappa shape index (κ1) is 17.6. The zero-order valence-electron chi connectivity index (χ0n) is 9.54. The van der Waals surface area contributed by atoms with Crippen molar-refractivity contribution < 1.29 is 15.0 Å². The summed E-state index contributed by atoms with van der Waals surface area (Å²) >= 11 is 1.78. The molecule has 3 nitrogen and oxygen atoms in total. The number of hydrogen-bond acceptors (Lipinski definition) is 2. The fourth-order valence-electron chi connectivity index (χ4n) is 1.07. The molecule has 0 atom stereocenters. The predicted molar refractivity (Wildman–Crippen MR) is 71.6 cm³/mol. The van der Waals surface area contributed by atoms with Crippen LogP contribution in [0.3, 0.4) is 0 Å². The van der Waals surface area contributed by atoms with Crippen LogP contribution in [0, 0.1) is 0 Å². The number of carboxylic acid groups (broad SMARTS) is 1. The first-order chi connectivity index (χ1) is 7.18. The lowest BCUT2D eigenvalue weighted by atomic mass is 10.1. The summed E-state index contributed by atoms with van der Waals surface area (Å²) in [5.41, 5.74) is 0. The van der Waals surface area contributed by atoms with Gasteiger partial charge in [-0.25, -0.2) is 0 Å². The zero-order chi connectivity index (χ0) is 11.9. The number of rotatable bonds is 8. The molecule has 0 saturated carbocycles. The summed E-state index contributed by atoms with van der Waals surface area (Å²) in [7, 11) is 0. The van der Waals surface area contributed by atoms with Gasteiger partial charge in [0.25, 0.3) is 0 Å². The fourth-order valence-corrected chi connectivity index (χ4v) is 1.07. The van der Waals surface area contributed by atoms with Gasteiger partial charge in [0.2, 0.25) is 0 Å². The van der Waals surface area contributed by atoms with Gasteiger partial charge >= 0.3 is 5.97 Å². The fraction of sp³-hybridized carbons (Fsp3) is 0.909. The van der Waals surface area contributed by atoms with Crippen LogP contribution in [0.2, 0.25) is 0 Å². The van der Waals surface area contributed by atoms with Crippen molar-refractivity contribution in [1.82, 2.24) is 0 Å². The van der Waals surface area contributed by atoms with Crippen LogP contribution in [0.5, 0.6) is 0 Å². The SMILES string of the molecule is CCCCCCCCCO.O=C(O)CI. The third-order valence-corrected chi connectivity index (χ3v) is 2.53. The third kappa shape index (κ3) is 25.0. The topological polar surface area (TPSA) is 57.5 Å². The molecule has 0 heterocycles. The summed E-state index contributed by atoms with van der Waals surface area (Å²) < 4.78 is 0.192. The highest BCUT2D eigenvalue weighted by molar-refractivity contribution is 14.1. The molecule has 0 amide bonds. The second kappa shape index (κ2) is 16.6. The summed E-state index contributed by atoms with van der Waals surface area (Å²) in [5, 5.41) is 16.2. The number of halogens is 1. The minimum absolute atomic E-state index is 0.192. The molecule has 0 aromatic heterocycles. The molecule has 0 aliphatic carbocycles. The van der Waals surface area contributed by atoms with Gasteiger partial charge in [-0.2, -0.15) is 0 Å². The Morgan fingerprint density at radius 3 is 1.80 bits per heavy atom. The normalized spacial score (nSPS) is 9.27. The maximum absolute atomic E-state index is 9.36. The molecule has 0 spiro atoms. The van der Waals surface area contributed by atoms with Crippen molar-refractivity contribution in [1.29, 1.82) is 0 Å². The summed E-state index contributed by atoms with van der Waals surface area (Å²) in [6.45, 7) is 2.60. The van der Waals surface area contributed by atoms with Crippen molar-refractivity contribution in [3.8, 4) is 0 Å². The van der Waals surface area contributed by atoms with Crippen LogP contribution in [0.1, 0.15) is 51.9 Å². The molecule has 92 valence electrons. The van der Waals surface area contributed by atoms with E-state index in [1.807, 2.05) is 0 Å². The van der Waals surface area contributed by atoms with Gasteiger partial charge in [-0.3, -0.25) is 4.79 Å². The molecule has 15 heavy (non-hydrogen) atoms. The number of hydrogen-bond donors (Lipinski definition) is 2. The number of unbranched alkanes of at least 4 members (excludes halogenated alkanes) is 6. The van der Waals surface area contributed by atoms with Gasteiger partial charge < -0.3 is 10.2 Å². The average molecular weight is 330 g/mol. The van der Waals surface area contributed by atoms with E-state index in [1.165, 1.54) is 38.5 Å². The number of carboxylic acids is 1. The zero-order valence-corrected chi connectivity index (χ0v) is 11.7. The highest BCUT2D eigenvalue weighted by Crippen LogP contribution is 2.05. The van der Waals surface area contributed by atoms with Gasteiger partial charge in [-0.1, -0.05) is 68.0 Å². The Balaban J connectivity index is 0. The van der Waals surface area contributed by atoms with Gasteiger partial charge in [0.1, 0.15) is 0 Å². The molecule has 4 heteroatoms. The van der Waals surface area contributed by atoms with E-state index >= 15 is 0 Å². The minimum atomic E-state index is -0.759. The van der Waals surface area contributed by atoms with E-state index in [1.54, 1.807) is 22.6 Å². The molecule has 0 aliphatic rings. The molecular weight excluding hydrogens is 307 g/mol. The number of aliphatic hydroxyl groups excluding tert-OH is 1. The van der Waals surface area contributed by atoms with Gasteiger partial charge in [-0.15, -0.1) is 0 Å². The van der Waals surface area contributed by atoms with E-state index in [4.69, 9.17) is 10.2 Å². The molecule has 0 saturated heterocycles. The molecular formula is C11H23IO3. The van der Waals surface area contributed by atoms with Crippen LogP contribution >= 0.6 is 22.6 Å². The van der Waals surface area contributed by atoms with Crippen molar-refractivity contribution in [3.63, 3.8) is 0 Å². The summed E-state index contributed by atoms with van der Waals surface area (Å²) in [5.74, 6) is -0.759. The van der Waals surface area contributed by atoms with Crippen molar-refractivity contribution >= 4 is 28.6 Å². The molecule has 2 N–H and O–H groups in total. The molecule has 0 bridgehead atoms. The quantitative estimate of drug-likeness (QED) is 0.408. The van der Waals surface area contributed by atoms with Crippen LogP contribution in [-0.2, 0) is 4.79 Å². The Morgan fingerprint density at radius 2 is 1.47 bits per heavy atom. The lowest BCUT2D eigenvalue weighted by molar-refractivity contribution is -0.133. The number of aliphatic carboxylic acids is 1. The molecule has 0 aromatic carbocycles. The van der Waals surface area contributed by atoms with Crippen molar-refractivity contribution in [3.05, 3.63) is 0 Å². The maximum atomic E-state index is 9.36. The Hall–Kier alpha value is 0.160. The average Bonchev–Trinajstić information content (AvgIpc) is 2.24. The highest BCUT2D eigenvalue weighted by atomic mass is 127. The lowest BCUT2D eigenvalue weighted by Gasteiger charge is -1.97. The molecule has 0 radical (unpaired) electrons. The van der Waals surface area contributed by atoms with E-state index in [-0.39, 0.29) is 4.43 Å². The smallest absolute Gasteiger partial charge is 0.313 e. The summed E-state index contributed by atoms with van der Waals surface area (Å²) in [6.07, 6.45) is 8.93. The predicted octanol–water partition coefficient (Wildman–Crippen LogP) is 3.24. The first-order valence-corrected chi connectivity index (χ1v) is 7.10. The summed E-state index contributed by atoms with van der Waals surface area (Å²) in [4.78, 5) is 9.36. The Morgan fingerprint density at radius 1 is 1.07 bits per heavy atom. The third-order valence-electron chi connectivity index (χ3n) is 1.88. The Bertz CT molecular complexity index is 121. The lowest BCUT2D eigenvalue weighted by Crippen LogP contribution is -1.91. The number of carbonyl (C=O) groups is 1. The maximum Gasteiger partial charge on any atom is 0.313 e. The van der Waals surface area contributed by atoms with Gasteiger partial charge in [0.15, 0.2) is 0 Å². The van der Waals surface area contributed by atoms with E-state index in [0.717, 1.165) is 6.42 Å². The van der Waals surface area contributed by atoms with Crippen molar-refractivity contribution in [2.75, 3.05) is 11.0 Å². The largest absolute Gasteiger partial charge is 0.481 e. The monoisotopic (exact) mass is 330 g/mol. The van der Waals surface area contributed by atoms with E-state index in [0.29, 0.717) is 6.61 Å².